The summed E-state index contributed by atoms with van der Waals surface area (Å²) in [6, 6.07) is 0. The highest BCUT2D eigenvalue weighted by molar-refractivity contribution is 7.99. The predicted molar refractivity (Wildman–Crippen MR) is 83.3 cm³/mol. The minimum absolute atomic E-state index is 0.197. The molecule has 2 heterocycles. The summed E-state index contributed by atoms with van der Waals surface area (Å²) in [4.78, 5) is 22.3. The third-order valence-electron chi connectivity index (χ3n) is 3.18. The van der Waals surface area contributed by atoms with Gasteiger partial charge >= 0.3 is 6.09 Å². The Morgan fingerprint density at radius 3 is 2.95 bits per heavy atom. The van der Waals surface area contributed by atoms with Crippen LogP contribution in [0.4, 0.5) is 4.79 Å². The lowest BCUT2D eigenvalue weighted by Gasteiger charge is -2.34. The molecule has 0 unspecified atom stereocenters. The van der Waals surface area contributed by atoms with E-state index in [1.165, 1.54) is 0 Å². The average molecular weight is 309 g/mol. The van der Waals surface area contributed by atoms with Crippen molar-refractivity contribution in [3.8, 4) is 0 Å². The summed E-state index contributed by atoms with van der Waals surface area (Å²) >= 11 is 1.70. The standard InChI is InChI=1S/C15H23N3O2S/c1-15(2,3)20-14(19)18-8-4-5-12(10-18)11-21-13-9-16-6-7-17-13/h6-7,9,12H,4-5,8,10-11H2,1-3H3/t12-/m1/s1. The first kappa shape index (κ1) is 16.1. The zero-order valence-electron chi connectivity index (χ0n) is 12.9. The van der Waals surface area contributed by atoms with Gasteiger partial charge in [-0.1, -0.05) is 0 Å². The second kappa shape index (κ2) is 7.11. The highest BCUT2D eigenvalue weighted by Gasteiger charge is 2.27. The van der Waals surface area contributed by atoms with Crippen molar-refractivity contribution < 1.29 is 9.53 Å². The molecule has 1 aromatic rings. The number of aromatic nitrogens is 2. The van der Waals surface area contributed by atoms with E-state index in [2.05, 4.69) is 9.97 Å². The first-order valence-corrected chi connectivity index (χ1v) is 8.29. The van der Waals surface area contributed by atoms with Crippen LogP contribution < -0.4 is 0 Å². The number of likely N-dealkylation sites (tertiary alicyclic amines) is 1. The molecule has 21 heavy (non-hydrogen) atoms. The molecule has 1 amide bonds. The largest absolute Gasteiger partial charge is 0.444 e. The highest BCUT2D eigenvalue weighted by Crippen LogP contribution is 2.25. The topological polar surface area (TPSA) is 55.3 Å². The molecule has 1 atom stereocenters. The molecule has 1 aliphatic rings. The molecule has 0 saturated carbocycles. The van der Waals surface area contributed by atoms with Crippen molar-refractivity contribution in [2.75, 3.05) is 18.8 Å². The third-order valence-corrected chi connectivity index (χ3v) is 4.32. The molecule has 2 rings (SSSR count). The molecule has 0 spiro atoms. The van der Waals surface area contributed by atoms with Crippen LogP contribution in [0.3, 0.4) is 0 Å². The van der Waals surface area contributed by atoms with Gasteiger partial charge in [0.05, 0.1) is 6.20 Å². The minimum atomic E-state index is -0.432. The van der Waals surface area contributed by atoms with Gasteiger partial charge in [-0.25, -0.2) is 9.78 Å². The maximum absolute atomic E-state index is 12.1. The Balaban J connectivity index is 1.82. The van der Waals surface area contributed by atoms with E-state index in [-0.39, 0.29) is 6.09 Å². The predicted octanol–water partition coefficient (Wildman–Crippen LogP) is 3.22. The number of thioether (sulfide) groups is 1. The molecule has 6 heteroatoms. The van der Waals surface area contributed by atoms with Gasteiger partial charge in [-0.3, -0.25) is 4.98 Å². The quantitative estimate of drug-likeness (QED) is 0.802. The van der Waals surface area contributed by atoms with E-state index < -0.39 is 5.60 Å². The molecule has 1 fully saturated rings. The van der Waals surface area contributed by atoms with E-state index in [4.69, 9.17) is 4.74 Å². The van der Waals surface area contributed by atoms with Crippen LogP contribution in [0.2, 0.25) is 0 Å². The van der Waals surface area contributed by atoms with Crippen LogP contribution in [0.25, 0.3) is 0 Å². The van der Waals surface area contributed by atoms with Gasteiger partial charge in [-0.2, -0.15) is 0 Å². The van der Waals surface area contributed by atoms with E-state index >= 15 is 0 Å². The summed E-state index contributed by atoms with van der Waals surface area (Å²) in [5, 5.41) is 0.937. The Kier molecular flexibility index (Phi) is 5.45. The molecular formula is C15H23N3O2S. The summed E-state index contributed by atoms with van der Waals surface area (Å²) in [6.45, 7) is 7.26. The lowest BCUT2D eigenvalue weighted by Crippen LogP contribution is -2.43. The summed E-state index contributed by atoms with van der Waals surface area (Å²) in [5.74, 6) is 1.44. The fourth-order valence-electron chi connectivity index (χ4n) is 2.26. The van der Waals surface area contributed by atoms with E-state index in [9.17, 15) is 4.79 Å². The minimum Gasteiger partial charge on any atom is -0.444 e. The Bertz CT molecular complexity index is 462. The lowest BCUT2D eigenvalue weighted by molar-refractivity contribution is 0.0177. The molecule has 0 aliphatic carbocycles. The smallest absolute Gasteiger partial charge is 0.410 e. The second-order valence-electron chi connectivity index (χ2n) is 6.29. The van der Waals surface area contributed by atoms with Gasteiger partial charge in [0.25, 0.3) is 0 Å². The normalized spacial score (nSPS) is 19.4. The van der Waals surface area contributed by atoms with Crippen molar-refractivity contribution in [3.63, 3.8) is 0 Å². The van der Waals surface area contributed by atoms with E-state index in [0.717, 1.165) is 36.7 Å². The van der Waals surface area contributed by atoms with Crippen molar-refractivity contribution in [1.29, 1.82) is 0 Å². The maximum atomic E-state index is 12.1. The Hall–Kier alpha value is -1.30. The van der Waals surface area contributed by atoms with Gasteiger partial charge in [-0.15, -0.1) is 11.8 Å². The molecule has 116 valence electrons. The van der Waals surface area contributed by atoms with Crippen LogP contribution in [0.15, 0.2) is 23.6 Å². The number of piperidine rings is 1. The SMILES string of the molecule is CC(C)(C)OC(=O)N1CCC[C@@H](CSc2cnccn2)C1. The van der Waals surface area contributed by atoms with Crippen molar-refractivity contribution >= 4 is 17.9 Å². The fourth-order valence-corrected chi connectivity index (χ4v) is 3.21. The van der Waals surface area contributed by atoms with E-state index in [0.29, 0.717) is 5.92 Å². The molecule has 1 aromatic heterocycles. The van der Waals surface area contributed by atoms with Gasteiger partial charge in [0.15, 0.2) is 0 Å². The van der Waals surface area contributed by atoms with Crippen LogP contribution in [-0.2, 0) is 4.74 Å². The van der Waals surface area contributed by atoms with Gasteiger partial charge in [0, 0.05) is 31.2 Å². The molecule has 0 radical (unpaired) electrons. The van der Waals surface area contributed by atoms with Crippen LogP contribution in [-0.4, -0.2) is 45.4 Å². The fraction of sp³-hybridized carbons (Fsp3) is 0.667. The number of hydrogen-bond acceptors (Lipinski definition) is 5. The molecule has 1 aliphatic heterocycles. The monoisotopic (exact) mass is 309 g/mol. The van der Waals surface area contributed by atoms with Gasteiger partial charge in [0.1, 0.15) is 10.6 Å². The summed E-state index contributed by atoms with van der Waals surface area (Å²) in [7, 11) is 0. The Morgan fingerprint density at radius 1 is 1.48 bits per heavy atom. The number of amides is 1. The molecule has 0 N–H and O–H groups in total. The maximum Gasteiger partial charge on any atom is 0.410 e. The van der Waals surface area contributed by atoms with Crippen molar-refractivity contribution in [3.05, 3.63) is 18.6 Å². The molecule has 1 saturated heterocycles. The molecule has 0 aromatic carbocycles. The summed E-state index contributed by atoms with van der Waals surface area (Å²) in [5.41, 5.74) is -0.432. The molecule has 0 bridgehead atoms. The first-order chi connectivity index (χ1) is 9.94. The van der Waals surface area contributed by atoms with Crippen LogP contribution in [0, 0.1) is 5.92 Å². The van der Waals surface area contributed by atoms with Crippen LogP contribution in [0.1, 0.15) is 33.6 Å². The average Bonchev–Trinajstić information content (AvgIpc) is 2.45. The van der Waals surface area contributed by atoms with E-state index in [1.54, 1.807) is 30.4 Å². The number of rotatable bonds is 3. The Labute approximate surface area is 130 Å². The van der Waals surface area contributed by atoms with E-state index in [1.807, 2.05) is 25.7 Å². The third kappa shape index (κ3) is 5.53. The van der Waals surface area contributed by atoms with Gasteiger partial charge < -0.3 is 9.64 Å². The van der Waals surface area contributed by atoms with Crippen molar-refractivity contribution in [2.45, 2.75) is 44.2 Å². The number of hydrogen-bond donors (Lipinski definition) is 0. The zero-order valence-corrected chi connectivity index (χ0v) is 13.7. The zero-order chi connectivity index (χ0) is 15.3. The number of carbonyl (C=O) groups is 1. The first-order valence-electron chi connectivity index (χ1n) is 7.31. The number of nitrogens with zero attached hydrogens (tertiary/aromatic N) is 3. The summed E-state index contributed by atoms with van der Waals surface area (Å²) < 4.78 is 5.45. The molecule has 5 nitrogen and oxygen atoms in total. The number of ether oxygens (including phenoxy) is 1. The van der Waals surface area contributed by atoms with Gasteiger partial charge in [0.2, 0.25) is 0 Å². The Morgan fingerprint density at radius 2 is 2.29 bits per heavy atom. The second-order valence-corrected chi connectivity index (χ2v) is 7.33. The lowest BCUT2D eigenvalue weighted by atomic mass is 10.0. The number of carbonyl (C=O) groups excluding carboxylic acids is 1. The summed E-state index contributed by atoms with van der Waals surface area (Å²) in [6.07, 6.45) is 7.14. The van der Waals surface area contributed by atoms with Crippen molar-refractivity contribution in [2.24, 2.45) is 5.92 Å². The molecular weight excluding hydrogens is 286 g/mol. The van der Waals surface area contributed by atoms with Crippen LogP contribution in [0.5, 0.6) is 0 Å². The van der Waals surface area contributed by atoms with Crippen molar-refractivity contribution in [1.82, 2.24) is 14.9 Å². The van der Waals surface area contributed by atoms with Gasteiger partial charge in [-0.05, 0) is 39.5 Å². The highest BCUT2D eigenvalue weighted by atomic mass is 32.2. The van der Waals surface area contributed by atoms with Crippen LogP contribution >= 0.6 is 11.8 Å².